The summed E-state index contributed by atoms with van der Waals surface area (Å²) in [6, 6.07) is 5.82. The van der Waals surface area contributed by atoms with Gasteiger partial charge in [-0.05, 0) is 56.6 Å². The summed E-state index contributed by atoms with van der Waals surface area (Å²) >= 11 is 6.08. The summed E-state index contributed by atoms with van der Waals surface area (Å²) in [5.41, 5.74) is 7.94. The number of aryl methyl sites for hydroxylation is 1. The van der Waals surface area contributed by atoms with Gasteiger partial charge in [0.25, 0.3) is 0 Å². The Morgan fingerprint density at radius 2 is 2.10 bits per heavy atom. The topological polar surface area (TPSA) is 68.8 Å². The number of aromatic nitrogens is 3. The van der Waals surface area contributed by atoms with Crippen molar-refractivity contribution in [3.05, 3.63) is 40.4 Å². The number of rotatable bonds is 3. The SMILES string of the molecule is Cc1nnc(C2CCNCC2)n1-c1ccc(Cl)cc1CN. The van der Waals surface area contributed by atoms with Gasteiger partial charge in [-0.15, -0.1) is 10.2 Å². The molecule has 1 aromatic heterocycles. The predicted molar refractivity (Wildman–Crippen MR) is 83.8 cm³/mol. The fraction of sp³-hybridized carbons (Fsp3) is 0.467. The van der Waals surface area contributed by atoms with E-state index in [1.165, 1.54) is 0 Å². The van der Waals surface area contributed by atoms with Crippen LogP contribution in [0.1, 0.15) is 36.0 Å². The Balaban J connectivity index is 2.07. The fourth-order valence-corrected chi connectivity index (χ4v) is 3.15. The summed E-state index contributed by atoms with van der Waals surface area (Å²) in [6.07, 6.45) is 2.17. The molecule has 2 heterocycles. The van der Waals surface area contributed by atoms with Crippen molar-refractivity contribution in [2.24, 2.45) is 5.73 Å². The quantitative estimate of drug-likeness (QED) is 0.912. The van der Waals surface area contributed by atoms with Crippen LogP contribution >= 0.6 is 11.6 Å². The first kappa shape index (κ1) is 14.5. The van der Waals surface area contributed by atoms with Gasteiger partial charge in [-0.25, -0.2) is 0 Å². The normalized spacial score (nSPS) is 16.3. The van der Waals surface area contributed by atoms with Gasteiger partial charge in [0, 0.05) is 17.5 Å². The van der Waals surface area contributed by atoms with Crippen LogP contribution in [0.15, 0.2) is 18.2 Å². The molecule has 6 heteroatoms. The van der Waals surface area contributed by atoms with Crippen molar-refractivity contribution in [3.8, 4) is 5.69 Å². The highest BCUT2D eigenvalue weighted by Gasteiger charge is 2.23. The van der Waals surface area contributed by atoms with Crippen molar-refractivity contribution in [2.75, 3.05) is 13.1 Å². The van der Waals surface area contributed by atoms with Gasteiger partial charge < -0.3 is 11.1 Å². The van der Waals surface area contributed by atoms with Crippen LogP contribution in [0.25, 0.3) is 5.69 Å². The van der Waals surface area contributed by atoms with Gasteiger partial charge in [-0.3, -0.25) is 4.57 Å². The molecule has 0 amide bonds. The number of hydrogen-bond acceptors (Lipinski definition) is 4. The zero-order valence-corrected chi connectivity index (χ0v) is 12.9. The first-order valence-electron chi connectivity index (χ1n) is 7.32. The van der Waals surface area contributed by atoms with Crippen molar-refractivity contribution in [2.45, 2.75) is 32.2 Å². The van der Waals surface area contributed by atoms with Crippen molar-refractivity contribution >= 4 is 11.6 Å². The Kier molecular flexibility index (Phi) is 4.24. The van der Waals surface area contributed by atoms with Gasteiger partial charge in [0.2, 0.25) is 0 Å². The van der Waals surface area contributed by atoms with Crippen LogP contribution in [0.4, 0.5) is 0 Å². The van der Waals surface area contributed by atoms with Gasteiger partial charge in [0.1, 0.15) is 11.6 Å². The molecule has 0 bridgehead atoms. The lowest BCUT2D eigenvalue weighted by atomic mass is 9.97. The van der Waals surface area contributed by atoms with E-state index in [1.54, 1.807) is 0 Å². The molecule has 0 aliphatic carbocycles. The zero-order chi connectivity index (χ0) is 14.8. The molecule has 1 aromatic carbocycles. The van der Waals surface area contributed by atoms with E-state index in [-0.39, 0.29) is 0 Å². The molecule has 112 valence electrons. The Morgan fingerprint density at radius 1 is 1.33 bits per heavy atom. The molecule has 1 aliphatic heterocycles. The summed E-state index contributed by atoms with van der Waals surface area (Å²) in [6.45, 7) is 4.48. The van der Waals surface area contributed by atoms with E-state index >= 15 is 0 Å². The molecule has 0 spiro atoms. The average molecular weight is 306 g/mol. The molecule has 1 saturated heterocycles. The number of nitrogens with one attached hydrogen (secondary N) is 1. The molecule has 21 heavy (non-hydrogen) atoms. The molecule has 3 rings (SSSR count). The number of nitrogens with zero attached hydrogens (tertiary/aromatic N) is 3. The Morgan fingerprint density at radius 3 is 2.81 bits per heavy atom. The number of halogens is 1. The van der Waals surface area contributed by atoms with E-state index in [2.05, 4.69) is 20.1 Å². The van der Waals surface area contributed by atoms with Gasteiger partial charge in [-0.2, -0.15) is 0 Å². The Labute approximate surface area is 129 Å². The van der Waals surface area contributed by atoms with Crippen molar-refractivity contribution in [1.29, 1.82) is 0 Å². The monoisotopic (exact) mass is 305 g/mol. The Bertz CT molecular complexity index is 631. The highest BCUT2D eigenvalue weighted by molar-refractivity contribution is 6.30. The van der Waals surface area contributed by atoms with E-state index in [9.17, 15) is 0 Å². The second-order valence-electron chi connectivity index (χ2n) is 5.44. The van der Waals surface area contributed by atoms with E-state index < -0.39 is 0 Å². The van der Waals surface area contributed by atoms with Crippen LogP contribution in [0.2, 0.25) is 5.02 Å². The molecular formula is C15H20ClN5. The van der Waals surface area contributed by atoms with Gasteiger partial charge >= 0.3 is 0 Å². The van der Waals surface area contributed by atoms with Crippen LogP contribution in [-0.2, 0) is 6.54 Å². The lowest BCUT2D eigenvalue weighted by Gasteiger charge is -2.23. The van der Waals surface area contributed by atoms with E-state index in [1.807, 2.05) is 25.1 Å². The van der Waals surface area contributed by atoms with Crippen molar-refractivity contribution < 1.29 is 0 Å². The summed E-state index contributed by atoms with van der Waals surface area (Å²) in [5, 5.41) is 12.8. The van der Waals surface area contributed by atoms with Crippen LogP contribution in [0.5, 0.6) is 0 Å². The molecule has 5 nitrogen and oxygen atoms in total. The van der Waals surface area contributed by atoms with E-state index in [0.717, 1.165) is 48.8 Å². The standard InChI is InChI=1S/C15H20ClN5/c1-10-19-20-15(11-4-6-18-7-5-11)21(10)14-3-2-13(16)8-12(14)9-17/h2-3,8,11,18H,4-7,9,17H2,1H3. The first-order chi connectivity index (χ1) is 10.2. The molecule has 1 aliphatic rings. The second-order valence-corrected chi connectivity index (χ2v) is 5.88. The van der Waals surface area contributed by atoms with Crippen LogP contribution in [-0.4, -0.2) is 27.9 Å². The molecule has 0 radical (unpaired) electrons. The molecule has 3 N–H and O–H groups in total. The summed E-state index contributed by atoms with van der Waals surface area (Å²) in [7, 11) is 0. The highest BCUT2D eigenvalue weighted by Crippen LogP contribution is 2.29. The molecule has 0 atom stereocenters. The van der Waals surface area contributed by atoms with Gasteiger partial charge in [0.15, 0.2) is 0 Å². The van der Waals surface area contributed by atoms with Crippen molar-refractivity contribution in [1.82, 2.24) is 20.1 Å². The maximum absolute atomic E-state index is 6.08. The number of benzene rings is 1. The van der Waals surface area contributed by atoms with Crippen LogP contribution in [0.3, 0.4) is 0 Å². The molecule has 2 aromatic rings. The lowest BCUT2D eigenvalue weighted by molar-refractivity contribution is 0.440. The first-order valence-corrected chi connectivity index (χ1v) is 7.70. The zero-order valence-electron chi connectivity index (χ0n) is 12.1. The summed E-state index contributed by atoms with van der Waals surface area (Å²) < 4.78 is 2.13. The number of piperidine rings is 1. The summed E-state index contributed by atoms with van der Waals surface area (Å²) in [4.78, 5) is 0. The third kappa shape index (κ3) is 2.81. The lowest BCUT2D eigenvalue weighted by Crippen LogP contribution is -2.28. The van der Waals surface area contributed by atoms with E-state index in [4.69, 9.17) is 17.3 Å². The second kappa shape index (κ2) is 6.13. The summed E-state index contributed by atoms with van der Waals surface area (Å²) in [5.74, 6) is 2.36. The van der Waals surface area contributed by atoms with Gasteiger partial charge in [-0.1, -0.05) is 11.6 Å². The Hall–Kier alpha value is -1.43. The predicted octanol–water partition coefficient (Wildman–Crippen LogP) is 2.15. The smallest absolute Gasteiger partial charge is 0.140 e. The maximum atomic E-state index is 6.08. The minimum atomic E-state index is 0.439. The average Bonchev–Trinajstić information content (AvgIpc) is 2.89. The minimum absolute atomic E-state index is 0.439. The fourth-order valence-electron chi connectivity index (χ4n) is 2.96. The van der Waals surface area contributed by atoms with E-state index in [0.29, 0.717) is 17.5 Å². The number of hydrogen-bond donors (Lipinski definition) is 2. The third-order valence-corrected chi connectivity index (χ3v) is 4.29. The molecule has 0 unspecified atom stereocenters. The van der Waals surface area contributed by atoms with Crippen LogP contribution in [0, 0.1) is 6.92 Å². The van der Waals surface area contributed by atoms with Gasteiger partial charge in [0.05, 0.1) is 5.69 Å². The molecule has 0 saturated carbocycles. The number of nitrogens with two attached hydrogens (primary N) is 1. The highest BCUT2D eigenvalue weighted by atomic mass is 35.5. The van der Waals surface area contributed by atoms with Crippen molar-refractivity contribution in [3.63, 3.8) is 0 Å². The molecule has 1 fully saturated rings. The maximum Gasteiger partial charge on any atom is 0.140 e. The minimum Gasteiger partial charge on any atom is -0.326 e. The third-order valence-electron chi connectivity index (χ3n) is 4.06. The van der Waals surface area contributed by atoms with Crippen LogP contribution < -0.4 is 11.1 Å². The molecular weight excluding hydrogens is 286 g/mol. The largest absolute Gasteiger partial charge is 0.326 e.